The van der Waals surface area contributed by atoms with Gasteiger partial charge < -0.3 is 10.1 Å². The van der Waals surface area contributed by atoms with Crippen LogP contribution in [0.25, 0.3) is 0 Å². The first-order valence-electron chi connectivity index (χ1n) is 8.99. The molecule has 0 unspecified atom stereocenters. The van der Waals surface area contributed by atoms with E-state index in [0.29, 0.717) is 42.3 Å². The van der Waals surface area contributed by atoms with Crippen LogP contribution in [0.5, 0.6) is 5.75 Å². The van der Waals surface area contributed by atoms with Gasteiger partial charge in [0.1, 0.15) is 11.9 Å². The maximum Gasteiger partial charge on any atom is 0.251 e. The predicted octanol–water partition coefficient (Wildman–Crippen LogP) is 3.70. The summed E-state index contributed by atoms with van der Waals surface area (Å²) in [4.78, 5) is 13.5. The van der Waals surface area contributed by atoms with E-state index in [1.54, 1.807) is 29.5 Å². The molecule has 152 valence electrons. The lowest BCUT2D eigenvalue weighted by Gasteiger charge is -2.30. The highest BCUT2D eigenvalue weighted by Crippen LogP contribution is 2.29. The number of ether oxygens (including phenoxy) is 1. The van der Waals surface area contributed by atoms with Gasteiger partial charge in [-0.15, -0.1) is 11.3 Å². The summed E-state index contributed by atoms with van der Waals surface area (Å²) in [5, 5.41) is 5.29. The van der Waals surface area contributed by atoms with Crippen LogP contribution in [0.3, 0.4) is 0 Å². The third kappa shape index (κ3) is 5.26. The zero-order chi connectivity index (χ0) is 20.3. The molecule has 1 aromatic heterocycles. The van der Waals surface area contributed by atoms with Gasteiger partial charge in [-0.3, -0.25) is 4.79 Å². The Hall–Kier alpha value is -1.61. The molecule has 1 fully saturated rings. The minimum Gasteiger partial charge on any atom is -0.489 e. The molecular weight excluding hydrogens is 420 g/mol. The molecule has 1 aliphatic heterocycles. The first-order chi connectivity index (χ1) is 13.2. The number of amides is 1. The van der Waals surface area contributed by atoms with Crippen molar-refractivity contribution < 1.29 is 17.9 Å². The van der Waals surface area contributed by atoms with Crippen molar-refractivity contribution in [2.45, 2.75) is 31.9 Å². The van der Waals surface area contributed by atoms with Gasteiger partial charge in [0.05, 0.1) is 17.3 Å². The van der Waals surface area contributed by atoms with Crippen molar-refractivity contribution in [3.63, 3.8) is 0 Å². The van der Waals surface area contributed by atoms with Gasteiger partial charge in [-0.05, 0) is 49.4 Å². The van der Waals surface area contributed by atoms with Crippen LogP contribution in [-0.4, -0.2) is 44.1 Å². The van der Waals surface area contributed by atoms with Crippen LogP contribution < -0.4 is 10.1 Å². The molecule has 0 aliphatic carbocycles. The van der Waals surface area contributed by atoms with Gasteiger partial charge in [0, 0.05) is 23.5 Å². The van der Waals surface area contributed by atoms with E-state index in [9.17, 15) is 13.2 Å². The maximum atomic E-state index is 12.5. The zero-order valence-electron chi connectivity index (χ0n) is 15.7. The Labute approximate surface area is 174 Å². The molecule has 1 atom stereocenters. The second kappa shape index (κ2) is 8.82. The highest BCUT2D eigenvalue weighted by Gasteiger charge is 2.26. The summed E-state index contributed by atoms with van der Waals surface area (Å²) < 4.78 is 30.6. The van der Waals surface area contributed by atoms with Crippen molar-refractivity contribution in [1.29, 1.82) is 0 Å². The topological polar surface area (TPSA) is 75.7 Å². The molecule has 0 radical (unpaired) electrons. The number of piperidine rings is 1. The average molecular weight is 443 g/mol. The largest absolute Gasteiger partial charge is 0.489 e. The molecule has 3 rings (SSSR count). The number of carbonyl (C=O) groups is 1. The van der Waals surface area contributed by atoms with E-state index in [1.807, 2.05) is 24.4 Å². The van der Waals surface area contributed by atoms with Gasteiger partial charge in [0.25, 0.3) is 5.91 Å². The lowest BCUT2D eigenvalue weighted by molar-refractivity contribution is 0.0940. The molecule has 1 amide bonds. The second-order valence-electron chi connectivity index (χ2n) is 6.84. The molecule has 1 aliphatic rings. The van der Waals surface area contributed by atoms with Crippen molar-refractivity contribution in [2.75, 3.05) is 19.3 Å². The third-order valence-electron chi connectivity index (χ3n) is 4.68. The Bertz CT molecular complexity index is 923. The Balaban J connectivity index is 1.59. The Morgan fingerprint density at radius 1 is 1.32 bits per heavy atom. The van der Waals surface area contributed by atoms with Crippen LogP contribution in [0.2, 0.25) is 5.02 Å². The fourth-order valence-electron chi connectivity index (χ4n) is 3.09. The Morgan fingerprint density at radius 2 is 2.04 bits per heavy atom. The molecule has 0 saturated carbocycles. The van der Waals surface area contributed by atoms with Crippen molar-refractivity contribution >= 4 is 38.9 Å². The molecule has 1 N–H and O–H groups in total. The normalized spacial score (nSPS) is 17.2. The number of nitrogens with zero attached hydrogens (tertiary/aromatic N) is 1. The standard InChI is InChI=1S/C19H23ClN2O4S2/c1-13(18-4-3-11-27-18)21-19(23)14-5-6-17(16(20)12-14)26-15-7-9-22(10-8-15)28(2,24)25/h3-6,11-13,15H,7-10H2,1-2H3,(H,21,23)/t13-/m0/s1. The van der Waals surface area contributed by atoms with Gasteiger partial charge in [0.2, 0.25) is 10.0 Å². The van der Waals surface area contributed by atoms with E-state index in [-0.39, 0.29) is 18.1 Å². The number of rotatable bonds is 6. The first kappa shape index (κ1) is 21.1. The summed E-state index contributed by atoms with van der Waals surface area (Å²) in [5.41, 5.74) is 0.465. The number of hydrogen-bond acceptors (Lipinski definition) is 5. The number of hydrogen-bond donors (Lipinski definition) is 1. The molecule has 1 aromatic carbocycles. The van der Waals surface area contributed by atoms with E-state index in [2.05, 4.69) is 5.32 Å². The van der Waals surface area contributed by atoms with Crippen molar-refractivity contribution in [2.24, 2.45) is 0 Å². The third-order valence-corrected chi connectivity index (χ3v) is 7.33. The van der Waals surface area contributed by atoms with E-state index in [1.165, 1.54) is 10.6 Å². The van der Waals surface area contributed by atoms with Gasteiger partial charge in [-0.25, -0.2) is 12.7 Å². The summed E-state index contributed by atoms with van der Waals surface area (Å²) in [7, 11) is -3.16. The van der Waals surface area contributed by atoms with Crippen LogP contribution in [0, 0.1) is 0 Å². The Morgan fingerprint density at radius 3 is 2.61 bits per heavy atom. The van der Waals surface area contributed by atoms with Crippen LogP contribution in [-0.2, 0) is 10.0 Å². The number of nitrogens with one attached hydrogen (secondary N) is 1. The fourth-order valence-corrected chi connectivity index (χ4v) is 4.92. The number of thiophene rings is 1. The summed E-state index contributed by atoms with van der Waals surface area (Å²) in [6.45, 7) is 2.80. The minimum absolute atomic E-state index is 0.0813. The summed E-state index contributed by atoms with van der Waals surface area (Å²) >= 11 is 7.91. The summed E-state index contributed by atoms with van der Waals surface area (Å²) in [5.74, 6) is 0.304. The molecule has 2 heterocycles. The van der Waals surface area contributed by atoms with Crippen molar-refractivity contribution in [3.05, 3.63) is 51.2 Å². The molecule has 1 saturated heterocycles. The lowest BCUT2D eigenvalue weighted by atomic mass is 10.1. The van der Waals surface area contributed by atoms with E-state index in [4.69, 9.17) is 16.3 Å². The van der Waals surface area contributed by atoms with Crippen LogP contribution in [0.1, 0.15) is 41.0 Å². The summed E-state index contributed by atoms with van der Waals surface area (Å²) in [6.07, 6.45) is 2.32. The van der Waals surface area contributed by atoms with Crippen LogP contribution >= 0.6 is 22.9 Å². The first-order valence-corrected chi connectivity index (χ1v) is 12.1. The quantitative estimate of drug-likeness (QED) is 0.740. The van der Waals surface area contributed by atoms with Crippen molar-refractivity contribution in [1.82, 2.24) is 9.62 Å². The van der Waals surface area contributed by atoms with Crippen molar-refractivity contribution in [3.8, 4) is 5.75 Å². The van der Waals surface area contributed by atoms with Gasteiger partial charge in [0.15, 0.2) is 0 Å². The predicted molar refractivity (Wildman–Crippen MR) is 112 cm³/mol. The van der Waals surface area contributed by atoms with E-state index < -0.39 is 10.0 Å². The maximum absolute atomic E-state index is 12.5. The second-order valence-corrected chi connectivity index (χ2v) is 10.2. The number of benzene rings is 1. The van der Waals surface area contributed by atoms with Crippen LogP contribution in [0.4, 0.5) is 0 Å². The average Bonchev–Trinajstić information content (AvgIpc) is 3.18. The fraction of sp³-hybridized carbons (Fsp3) is 0.421. The molecule has 0 bridgehead atoms. The number of sulfonamides is 1. The van der Waals surface area contributed by atoms with Gasteiger partial charge in [-0.1, -0.05) is 17.7 Å². The monoisotopic (exact) mass is 442 g/mol. The van der Waals surface area contributed by atoms with Crippen LogP contribution in [0.15, 0.2) is 35.7 Å². The lowest BCUT2D eigenvalue weighted by Crippen LogP contribution is -2.41. The summed E-state index contributed by atoms with van der Waals surface area (Å²) in [6, 6.07) is 8.82. The minimum atomic E-state index is -3.16. The SMILES string of the molecule is C[C@H](NC(=O)c1ccc(OC2CCN(S(C)(=O)=O)CC2)c(Cl)c1)c1cccs1. The van der Waals surface area contributed by atoms with E-state index in [0.717, 1.165) is 4.88 Å². The number of halogens is 1. The molecule has 0 spiro atoms. The molecule has 6 nitrogen and oxygen atoms in total. The zero-order valence-corrected chi connectivity index (χ0v) is 18.1. The molecule has 2 aromatic rings. The highest BCUT2D eigenvalue weighted by molar-refractivity contribution is 7.88. The Kier molecular flexibility index (Phi) is 6.65. The number of carbonyl (C=O) groups excluding carboxylic acids is 1. The smallest absolute Gasteiger partial charge is 0.251 e. The molecular formula is C19H23ClN2O4S2. The van der Waals surface area contributed by atoms with Gasteiger partial charge in [-0.2, -0.15) is 0 Å². The van der Waals surface area contributed by atoms with E-state index >= 15 is 0 Å². The highest BCUT2D eigenvalue weighted by atomic mass is 35.5. The van der Waals surface area contributed by atoms with Gasteiger partial charge >= 0.3 is 0 Å². The molecule has 9 heteroatoms. The molecule has 28 heavy (non-hydrogen) atoms.